The average Bonchev–Trinajstić information content (AvgIpc) is 3.47. The number of aliphatic hydroxyl groups excluding tert-OH is 1. The summed E-state index contributed by atoms with van der Waals surface area (Å²) in [6, 6.07) is 0. The maximum Gasteiger partial charge on any atom is 0.366 e. The number of esters is 4. The highest BCUT2D eigenvalue weighted by molar-refractivity contribution is 5.88. The minimum Gasteiger partial charge on any atom is -0.469 e. The van der Waals surface area contributed by atoms with Gasteiger partial charge in [-0.3, -0.25) is 9.59 Å². The summed E-state index contributed by atoms with van der Waals surface area (Å²) in [6.07, 6.45) is -3.11. The standard InChI is InChI=1S/C35H44O16/c1-8-15(2)24(38)49-18-12-19(48-16(3)36)32(26(39)43-6)13-46-21-22(32)31(18)14-47-34(42,27(40)44-7)25(31)29(4,23(21)37)35-20-11-17(30(35,5)51-35)33(41)9-10-45-28(33)50-20/h8-10,17-23,25,28,37,41-42H,11-14H2,1-7H3/b15-8-/t17-,18+,19+,20-,21-,22-,23+,25+,28+,29+,30-,31-,32+,33+,34-,35+/m1/s1. The quantitative estimate of drug-likeness (QED) is 0.140. The van der Waals surface area contributed by atoms with Gasteiger partial charge >= 0.3 is 23.9 Å². The van der Waals surface area contributed by atoms with Crippen LogP contribution in [0.1, 0.15) is 47.5 Å². The molecule has 0 aromatic heterocycles. The van der Waals surface area contributed by atoms with Crippen molar-refractivity contribution in [3.63, 3.8) is 0 Å². The van der Waals surface area contributed by atoms with E-state index in [0.29, 0.717) is 0 Å². The Hall–Kier alpha value is -3.12. The van der Waals surface area contributed by atoms with Gasteiger partial charge < -0.3 is 58.0 Å². The molecule has 16 heteroatoms. The summed E-state index contributed by atoms with van der Waals surface area (Å²) >= 11 is 0. The summed E-state index contributed by atoms with van der Waals surface area (Å²) in [6.45, 7) is 6.88. The Morgan fingerprint density at radius 2 is 1.67 bits per heavy atom. The second-order valence-electron chi connectivity index (χ2n) is 15.8. The van der Waals surface area contributed by atoms with Gasteiger partial charge in [-0.2, -0.15) is 0 Å². The van der Waals surface area contributed by atoms with Gasteiger partial charge in [-0.1, -0.05) is 13.0 Å². The SMILES string of the molecule is C/C=C(/C)C(=O)O[C@H]1C[C@H](OC(C)=O)[C@@]2(C(=O)OC)CO[C@@H]3[C@@H]2[C@@]12CO[C@@](O)(C(=O)OC)[C@H]2[C@@](C)([C@]12O[C@]1(C)[C@H]1C[C@H]2O[C@@H]2OC=C[C@@]21O)[C@H]3O. The number of ether oxygens (including phenoxy) is 9. The number of carbonyl (C=O) groups excluding carboxylic acids is 4. The maximum absolute atomic E-state index is 14.2. The first kappa shape index (κ1) is 34.9. The largest absolute Gasteiger partial charge is 0.469 e. The molecular formula is C35H44O16. The van der Waals surface area contributed by atoms with E-state index in [9.17, 15) is 34.5 Å². The van der Waals surface area contributed by atoms with Crippen molar-refractivity contribution in [3.8, 4) is 0 Å². The van der Waals surface area contributed by atoms with E-state index in [4.69, 9.17) is 42.6 Å². The Morgan fingerprint density at radius 1 is 0.961 bits per heavy atom. The molecule has 0 radical (unpaired) electrons. The Kier molecular flexibility index (Phi) is 7.20. The molecule has 0 aromatic rings. The van der Waals surface area contributed by atoms with Gasteiger partial charge in [0.25, 0.3) is 5.79 Å². The summed E-state index contributed by atoms with van der Waals surface area (Å²) in [5, 5.41) is 37.4. The molecule has 5 heterocycles. The molecule has 4 saturated heterocycles. The lowest BCUT2D eigenvalue weighted by atomic mass is 9.37. The number of epoxide rings is 1. The van der Waals surface area contributed by atoms with E-state index < -0.39 is 130 Å². The van der Waals surface area contributed by atoms with Crippen molar-refractivity contribution >= 4 is 23.9 Å². The normalized spacial score (nSPS) is 53.9. The van der Waals surface area contributed by atoms with Crippen LogP contribution in [-0.4, -0.2) is 126 Å². The Balaban J connectivity index is 1.40. The van der Waals surface area contributed by atoms with Crippen LogP contribution in [0.15, 0.2) is 24.0 Å². The fraction of sp³-hybridized carbons (Fsp3) is 0.771. The Labute approximate surface area is 293 Å². The molecule has 280 valence electrons. The molecular weight excluding hydrogens is 676 g/mol. The Morgan fingerprint density at radius 3 is 2.31 bits per heavy atom. The van der Waals surface area contributed by atoms with Crippen LogP contribution >= 0.6 is 0 Å². The van der Waals surface area contributed by atoms with Crippen LogP contribution in [0.2, 0.25) is 0 Å². The second kappa shape index (κ2) is 10.5. The third kappa shape index (κ3) is 3.65. The van der Waals surface area contributed by atoms with Crippen LogP contribution in [0.3, 0.4) is 0 Å². The fourth-order valence-corrected chi connectivity index (χ4v) is 12.2. The average molecular weight is 721 g/mol. The van der Waals surface area contributed by atoms with Gasteiger partial charge in [0.1, 0.15) is 28.8 Å². The zero-order valence-electron chi connectivity index (χ0n) is 29.4. The summed E-state index contributed by atoms with van der Waals surface area (Å²) in [4.78, 5) is 54.4. The first-order chi connectivity index (χ1) is 23.9. The van der Waals surface area contributed by atoms with Crippen molar-refractivity contribution in [2.24, 2.45) is 34.0 Å². The van der Waals surface area contributed by atoms with Crippen molar-refractivity contribution < 1.29 is 77.1 Å². The van der Waals surface area contributed by atoms with Crippen LogP contribution in [0.5, 0.6) is 0 Å². The number of allylic oxidation sites excluding steroid dienone is 1. The van der Waals surface area contributed by atoms with Crippen LogP contribution in [0.4, 0.5) is 0 Å². The van der Waals surface area contributed by atoms with Gasteiger partial charge in [0.05, 0.1) is 52.0 Å². The molecule has 8 aliphatic rings. The number of methoxy groups -OCH3 is 2. The summed E-state index contributed by atoms with van der Waals surface area (Å²) in [5.74, 6) is -9.76. The molecule has 51 heavy (non-hydrogen) atoms. The topological polar surface area (TPSA) is 215 Å². The second-order valence-corrected chi connectivity index (χ2v) is 15.8. The first-order valence-electron chi connectivity index (χ1n) is 17.2. The predicted molar refractivity (Wildman–Crippen MR) is 164 cm³/mol. The molecule has 0 aromatic carbocycles. The van der Waals surface area contributed by atoms with Crippen molar-refractivity contribution in [1.82, 2.24) is 0 Å². The number of hydrogen-bond acceptors (Lipinski definition) is 16. The third-order valence-corrected chi connectivity index (χ3v) is 14.1. The summed E-state index contributed by atoms with van der Waals surface area (Å²) < 4.78 is 54.0. The minimum absolute atomic E-state index is 0.235. The molecule has 5 aliphatic heterocycles. The van der Waals surface area contributed by atoms with Crippen molar-refractivity contribution in [2.75, 3.05) is 27.4 Å². The lowest BCUT2D eigenvalue weighted by Gasteiger charge is -2.65. The first-order valence-corrected chi connectivity index (χ1v) is 17.2. The van der Waals surface area contributed by atoms with Crippen molar-refractivity contribution in [1.29, 1.82) is 0 Å². The number of rotatable bonds is 6. The van der Waals surface area contributed by atoms with Gasteiger partial charge in [-0.25, -0.2) is 9.59 Å². The number of fused-ring (bicyclic) bond motifs is 7. The minimum atomic E-state index is -2.82. The van der Waals surface area contributed by atoms with Gasteiger partial charge in [-0.15, -0.1) is 0 Å². The number of carbonyl (C=O) groups is 4. The summed E-state index contributed by atoms with van der Waals surface area (Å²) in [5.41, 5.74) is -9.47. The highest BCUT2D eigenvalue weighted by Gasteiger charge is 2.97. The van der Waals surface area contributed by atoms with E-state index in [-0.39, 0.29) is 18.4 Å². The van der Waals surface area contributed by atoms with Crippen molar-refractivity contribution in [2.45, 2.75) is 107 Å². The number of hydrogen-bond donors (Lipinski definition) is 3. The lowest BCUT2D eigenvalue weighted by molar-refractivity contribution is -0.314. The van der Waals surface area contributed by atoms with Gasteiger partial charge in [0, 0.05) is 47.5 Å². The van der Waals surface area contributed by atoms with E-state index in [0.717, 1.165) is 14.2 Å². The highest BCUT2D eigenvalue weighted by Crippen LogP contribution is 2.83. The molecule has 2 bridgehead atoms. The third-order valence-electron chi connectivity index (χ3n) is 14.1. The van der Waals surface area contributed by atoms with Crippen LogP contribution in [-0.2, 0) is 61.8 Å². The van der Waals surface area contributed by atoms with Gasteiger partial charge in [0.2, 0.25) is 6.29 Å². The van der Waals surface area contributed by atoms with E-state index >= 15 is 0 Å². The molecule has 7 fully saturated rings. The predicted octanol–water partition coefficient (Wildman–Crippen LogP) is -0.203. The lowest BCUT2D eigenvalue weighted by Crippen LogP contribution is -2.79. The maximum atomic E-state index is 14.2. The van der Waals surface area contributed by atoms with Crippen molar-refractivity contribution in [3.05, 3.63) is 24.0 Å². The van der Waals surface area contributed by atoms with E-state index in [1.54, 1.807) is 33.8 Å². The molecule has 16 atom stereocenters. The fourth-order valence-electron chi connectivity index (χ4n) is 12.2. The smallest absolute Gasteiger partial charge is 0.366 e. The highest BCUT2D eigenvalue weighted by atomic mass is 16.7. The molecule has 3 saturated carbocycles. The monoisotopic (exact) mass is 720 g/mol. The summed E-state index contributed by atoms with van der Waals surface area (Å²) in [7, 11) is 2.23. The van der Waals surface area contributed by atoms with Crippen LogP contribution < -0.4 is 0 Å². The van der Waals surface area contributed by atoms with E-state index in [1.807, 2.05) is 0 Å². The van der Waals surface area contributed by atoms with E-state index in [1.165, 1.54) is 19.3 Å². The van der Waals surface area contributed by atoms with Crippen LogP contribution in [0.25, 0.3) is 0 Å². The van der Waals surface area contributed by atoms with Gasteiger partial charge in [0.15, 0.2) is 5.60 Å². The molecule has 16 nitrogen and oxygen atoms in total. The van der Waals surface area contributed by atoms with E-state index in [2.05, 4.69) is 0 Å². The molecule has 8 rings (SSSR count). The Bertz CT molecular complexity index is 1660. The molecule has 3 aliphatic carbocycles. The van der Waals surface area contributed by atoms with Crippen LogP contribution in [0, 0.1) is 34.0 Å². The number of aliphatic hydroxyl groups is 3. The molecule has 1 spiro atoms. The zero-order chi connectivity index (χ0) is 36.9. The molecule has 3 N–H and O–H groups in total. The molecule has 0 amide bonds. The molecule has 0 unspecified atom stereocenters. The zero-order valence-corrected chi connectivity index (χ0v) is 29.4. The van der Waals surface area contributed by atoms with Gasteiger partial charge in [-0.05, 0) is 33.3 Å².